The van der Waals surface area contributed by atoms with Crippen LogP contribution in [0.5, 0.6) is 0 Å². The molecule has 20 heavy (non-hydrogen) atoms. The lowest BCUT2D eigenvalue weighted by Crippen LogP contribution is -2.24. The molecule has 0 aliphatic carbocycles. The van der Waals surface area contributed by atoms with Crippen LogP contribution in [0, 0.1) is 0 Å². The highest BCUT2D eigenvalue weighted by Crippen LogP contribution is 2.21. The van der Waals surface area contributed by atoms with Gasteiger partial charge in [0.05, 0.1) is 11.4 Å². The van der Waals surface area contributed by atoms with Crippen LogP contribution in [0.15, 0.2) is 42.6 Å². The molecule has 1 aromatic heterocycles. The third kappa shape index (κ3) is 3.68. The van der Waals surface area contributed by atoms with Crippen LogP contribution in [0.4, 0.5) is 0 Å². The summed E-state index contributed by atoms with van der Waals surface area (Å²) in [6.45, 7) is 3.87. The monoisotopic (exact) mass is 273 g/mol. The van der Waals surface area contributed by atoms with Crippen LogP contribution in [-0.4, -0.2) is 30.0 Å². The summed E-state index contributed by atoms with van der Waals surface area (Å²) >= 11 is 0. The van der Waals surface area contributed by atoms with Crippen molar-refractivity contribution in [3.8, 4) is 5.69 Å². The van der Waals surface area contributed by atoms with Gasteiger partial charge in [0.15, 0.2) is 0 Å². The van der Waals surface area contributed by atoms with E-state index in [4.69, 9.17) is 4.74 Å². The number of benzene rings is 1. The van der Waals surface area contributed by atoms with Crippen LogP contribution in [0.3, 0.4) is 0 Å². The summed E-state index contributed by atoms with van der Waals surface area (Å²) in [5.74, 6) is 0. The molecule has 1 heterocycles. The van der Waals surface area contributed by atoms with Crippen molar-refractivity contribution in [3.63, 3.8) is 0 Å². The second kappa shape index (κ2) is 7.82. The highest BCUT2D eigenvalue weighted by atomic mass is 16.5. The molecular formula is C16H23N3O. The van der Waals surface area contributed by atoms with Gasteiger partial charge in [0.2, 0.25) is 0 Å². The van der Waals surface area contributed by atoms with Crippen LogP contribution in [-0.2, 0) is 4.74 Å². The van der Waals surface area contributed by atoms with E-state index >= 15 is 0 Å². The molecule has 0 amide bonds. The number of methoxy groups -OCH3 is 1. The molecule has 0 saturated heterocycles. The molecule has 1 atom stereocenters. The molecule has 0 aliphatic heterocycles. The molecule has 1 N–H and O–H groups in total. The zero-order valence-corrected chi connectivity index (χ0v) is 12.2. The number of para-hydroxylation sites is 1. The average Bonchev–Trinajstić information content (AvgIpc) is 2.97. The molecule has 0 radical (unpaired) electrons. The first-order chi connectivity index (χ1) is 9.86. The van der Waals surface area contributed by atoms with Gasteiger partial charge in [-0.1, -0.05) is 25.1 Å². The summed E-state index contributed by atoms with van der Waals surface area (Å²) in [6, 6.07) is 12.6. The Balaban J connectivity index is 2.19. The number of hydrogen-bond acceptors (Lipinski definition) is 3. The van der Waals surface area contributed by atoms with Crippen molar-refractivity contribution < 1.29 is 4.74 Å². The maximum Gasteiger partial charge on any atom is 0.0649 e. The van der Waals surface area contributed by atoms with E-state index in [1.165, 1.54) is 5.69 Å². The molecule has 4 heteroatoms. The average molecular weight is 273 g/mol. The molecule has 0 aliphatic rings. The van der Waals surface area contributed by atoms with Crippen LogP contribution in [0.25, 0.3) is 5.69 Å². The maximum atomic E-state index is 5.15. The molecule has 4 nitrogen and oxygen atoms in total. The molecular weight excluding hydrogens is 250 g/mol. The van der Waals surface area contributed by atoms with Crippen LogP contribution in [0.1, 0.15) is 31.5 Å². The summed E-state index contributed by atoms with van der Waals surface area (Å²) in [7, 11) is 1.75. The largest absolute Gasteiger partial charge is 0.385 e. The zero-order valence-electron chi connectivity index (χ0n) is 12.2. The van der Waals surface area contributed by atoms with Gasteiger partial charge in [0, 0.05) is 26.0 Å². The Morgan fingerprint density at radius 1 is 1.25 bits per heavy atom. The summed E-state index contributed by atoms with van der Waals surface area (Å²) in [5.41, 5.74) is 2.30. The highest BCUT2D eigenvalue weighted by Gasteiger charge is 2.15. The summed E-state index contributed by atoms with van der Waals surface area (Å²) in [5, 5.41) is 8.00. The standard InChI is InChI=1S/C16H23N3O/c1-3-17-15(10-7-13-20-2)16-11-12-18-19(16)14-8-5-4-6-9-14/h4-6,8-9,11-12,15,17H,3,7,10,13H2,1-2H3. The van der Waals surface area contributed by atoms with Gasteiger partial charge in [-0.05, 0) is 37.6 Å². The van der Waals surface area contributed by atoms with Crippen molar-refractivity contribution in [1.82, 2.24) is 15.1 Å². The zero-order chi connectivity index (χ0) is 14.2. The van der Waals surface area contributed by atoms with Crippen LogP contribution >= 0.6 is 0 Å². The predicted molar refractivity (Wildman–Crippen MR) is 81.1 cm³/mol. The molecule has 2 rings (SSSR count). The number of hydrogen-bond donors (Lipinski definition) is 1. The topological polar surface area (TPSA) is 39.1 Å². The third-order valence-electron chi connectivity index (χ3n) is 3.32. The fourth-order valence-electron chi connectivity index (χ4n) is 2.40. The fraction of sp³-hybridized carbons (Fsp3) is 0.438. The van der Waals surface area contributed by atoms with Gasteiger partial charge in [-0.2, -0.15) is 5.10 Å². The molecule has 2 aromatic rings. The fourth-order valence-corrected chi connectivity index (χ4v) is 2.40. The molecule has 0 bridgehead atoms. The van der Waals surface area contributed by atoms with Crippen molar-refractivity contribution >= 4 is 0 Å². The van der Waals surface area contributed by atoms with Gasteiger partial charge >= 0.3 is 0 Å². The van der Waals surface area contributed by atoms with E-state index in [2.05, 4.69) is 35.5 Å². The van der Waals surface area contributed by atoms with Crippen molar-refractivity contribution in [2.45, 2.75) is 25.8 Å². The lowest BCUT2D eigenvalue weighted by molar-refractivity contribution is 0.188. The van der Waals surface area contributed by atoms with E-state index in [1.54, 1.807) is 7.11 Å². The van der Waals surface area contributed by atoms with Gasteiger partial charge in [0.25, 0.3) is 0 Å². The number of aromatic nitrogens is 2. The van der Waals surface area contributed by atoms with Crippen molar-refractivity contribution in [2.24, 2.45) is 0 Å². The van der Waals surface area contributed by atoms with E-state index in [-0.39, 0.29) is 0 Å². The number of nitrogens with one attached hydrogen (secondary N) is 1. The van der Waals surface area contributed by atoms with E-state index < -0.39 is 0 Å². The minimum absolute atomic E-state index is 0.304. The lowest BCUT2D eigenvalue weighted by atomic mass is 10.1. The van der Waals surface area contributed by atoms with Gasteiger partial charge in [-0.25, -0.2) is 4.68 Å². The molecule has 0 fully saturated rings. The third-order valence-corrected chi connectivity index (χ3v) is 3.32. The number of nitrogens with zero attached hydrogens (tertiary/aromatic N) is 2. The Morgan fingerprint density at radius 2 is 2.05 bits per heavy atom. The number of rotatable bonds is 8. The van der Waals surface area contributed by atoms with Crippen LogP contribution in [0.2, 0.25) is 0 Å². The maximum absolute atomic E-state index is 5.15. The Bertz CT molecular complexity index is 495. The molecule has 108 valence electrons. The van der Waals surface area contributed by atoms with E-state index in [0.29, 0.717) is 6.04 Å². The molecule has 0 spiro atoms. The lowest BCUT2D eigenvalue weighted by Gasteiger charge is -2.19. The summed E-state index contributed by atoms with van der Waals surface area (Å²) in [6.07, 6.45) is 3.94. The van der Waals surface area contributed by atoms with Crippen molar-refractivity contribution in [3.05, 3.63) is 48.3 Å². The van der Waals surface area contributed by atoms with Crippen molar-refractivity contribution in [1.29, 1.82) is 0 Å². The van der Waals surface area contributed by atoms with Gasteiger partial charge < -0.3 is 10.1 Å². The first-order valence-corrected chi connectivity index (χ1v) is 7.18. The quantitative estimate of drug-likeness (QED) is 0.752. The molecule has 1 unspecified atom stereocenters. The predicted octanol–water partition coefficient (Wildman–Crippen LogP) is 2.95. The second-order valence-electron chi connectivity index (χ2n) is 4.75. The Morgan fingerprint density at radius 3 is 2.75 bits per heavy atom. The Kier molecular flexibility index (Phi) is 5.77. The normalized spacial score (nSPS) is 12.5. The van der Waals surface area contributed by atoms with E-state index in [1.807, 2.05) is 29.1 Å². The summed E-state index contributed by atoms with van der Waals surface area (Å²) < 4.78 is 7.17. The minimum Gasteiger partial charge on any atom is -0.385 e. The highest BCUT2D eigenvalue weighted by molar-refractivity contribution is 5.33. The number of ether oxygens (including phenoxy) is 1. The molecule has 0 saturated carbocycles. The first-order valence-electron chi connectivity index (χ1n) is 7.18. The smallest absolute Gasteiger partial charge is 0.0649 e. The Labute approximate surface area is 120 Å². The SMILES string of the molecule is CCNC(CCCOC)c1ccnn1-c1ccccc1. The second-order valence-corrected chi connectivity index (χ2v) is 4.75. The van der Waals surface area contributed by atoms with Gasteiger partial charge in [-0.3, -0.25) is 0 Å². The first kappa shape index (κ1) is 14.8. The van der Waals surface area contributed by atoms with Crippen molar-refractivity contribution in [2.75, 3.05) is 20.3 Å². The van der Waals surface area contributed by atoms with E-state index in [0.717, 1.165) is 31.7 Å². The van der Waals surface area contributed by atoms with Gasteiger partial charge in [-0.15, -0.1) is 0 Å². The minimum atomic E-state index is 0.304. The van der Waals surface area contributed by atoms with E-state index in [9.17, 15) is 0 Å². The summed E-state index contributed by atoms with van der Waals surface area (Å²) in [4.78, 5) is 0. The Hall–Kier alpha value is -1.65. The van der Waals surface area contributed by atoms with Crippen LogP contribution < -0.4 is 5.32 Å². The van der Waals surface area contributed by atoms with Gasteiger partial charge in [0.1, 0.15) is 0 Å². The molecule has 1 aromatic carbocycles.